The summed E-state index contributed by atoms with van der Waals surface area (Å²) in [6, 6.07) is 13.7. The van der Waals surface area contributed by atoms with Crippen molar-refractivity contribution in [3.05, 3.63) is 65.4 Å². The van der Waals surface area contributed by atoms with Crippen LogP contribution in [0, 0.1) is 6.92 Å². The van der Waals surface area contributed by atoms with Gasteiger partial charge in [-0.1, -0.05) is 17.3 Å². The molecule has 0 amide bonds. The second-order valence-electron chi connectivity index (χ2n) is 6.63. The molecule has 158 valence electrons. The predicted molar refractivity (Wildman–Crippen MR) is 113 cm³/mol. The Morgan fingerprint density at radius 2 is 1.70 bits per heavy atom. The first-order valence-corrected chi connectivity index (χ1v) is 11.0. The van der Waals surface area contributed by atoms with Gasteiger partial charge in [0, 0.05) is 13.3 Å². The van der Waals surface area contributed by atoms with Crippen LogP contribution in [0.4, 0.5) is 0 Å². The topological polar surface area (TPSA) is 92.0 Å². The van der Waals surface area contributed by atoms with Gasteiger partial charge in [-0.15, -0.1) is 0 Å². The van der Waals surface area contributed by atoms with Crippen molar-refractivity contribution in [2.24, 2.45) is 12.2 Å². The average molecular weight is 429 g/mol. The lowest BCUT2D eigenvalue weighted by Crippen LogP contribution is -1.98. The lowest BCUT2D eigenvalue weighted by Gasteiger charge is -2.08. The van der Waals surface area contributed by atoms with Crippen molar-refractivity contribution in [1.29, 1.82) is 0 Å². The maximum absolute atomic E-state index is 11.5. The van der Waals surface area contributed by atoms with Gasteiger partial charge in [0.1, 0.15) is 18.1 Å². The van der Waals surface area contributed by atoms with Crippen LogP contribution in [0.2, 0.25) is 0 Å². The van der Waals surface area contributed by atoms with Crippen molar-refractivity contribution in [2.45, 2.75) is 18.4 Å². The highest BCUT2D eigenvalue weighted by molar-refractivity contribution is 7.90. The first-order valence-electron chi connectivity index (χ1n) is 9.08. The second kappa shape index (κ2) is 9.00. The number of hydrogen-bond donors (Lipinski definition) is 0. The van der Waals surface area contributed by atoms with Gasteiger partial charge in [0.2, 0.25) is 5.88 Å². The molecule has 0 spiro atoms. The SMILES string of the molecule is COc1ccc(Oc2c(C=NOCc3ccc(S(C)(=O)=O)cc3)c(C)nn2C)cc1. The molecule has 0 aliphatic rings. The molecule has 3 rings (SSSR count). The summed E-state index contributed by atoms with van der Waals surface area (Å²) in [6.45, 7) is 2.06. The summed E-state index contributed by atoms with van der Waals surface area (Å²) in [7, 11) is 0.173. The summed E-state index contributed by atoms with van der Waals surface area (Å²) >= 11 is 0. The first kappa shape index (κ1) is 21.4. The highest BCUT2D eigenvalue weighted by Gasteiger charge is 2.14. The van der Waals surface area contributed by atoms with Crippen LogP contribution >= 0.6 is 0 Å². The number of ether oxygens (including phenoxy) is 2. The van der Waals surface area contributed by atoms with E-state index in [1.165, 1.54) is 6.26 Å². The van der Waals surface area contributed by atoms with Gasteiger partial charge in [-0.05, 0) is 48.9 Å². The monoisotopic (exact) mass is 429 g/mol. The molecule has 8 nitrogen and oxygen atoms in total. The molecule has 0 bridgehead atoms. The van der Waals surface area contributed by atoms with Crippen molar-refractivity contribution < 1.29 is 22.7 Å². The zero-order chi connectivity index (χ0) is 21.7. The number of nitrogens with zero attached hydrogens (tertiary/aromatic N) is 3. The summed E-state index contributed by atoms with van der Waals surface area (Å²) in [5.41, 5.74) is 2.24. The van der Waals surface area contributed by atoms with Crippen LogP contribution in [0.1, 0.15) is 16.8 Å². The Kier molecular flexibility index (Phi) is 6.41. The largest absolute Gasteiger partial charge is 0.497 e. The van der Waals surface area contributed by atoms with Crippen molar-refractivity contribution >= 4 is 16.1 Å². The van der Waals surface area contributed by atoms with Crippen LogP contribution in [0.5, 0.6) is 17.4 Å². The molecule has 1 aromatic heterocycles. The van der Waals surface area contributed by atoms with E-state index in [0.29, 0.717) is 17.2 Å². The van der Waals surface area contributed by atoms with Crippen LogP contribution in [-0.2, 0) is 28.3 Å². The fourth-order valence-electron chi connectivity index (χ4n) is 2.71. The molecule has 30 heavy (non-hydrogen) atoms. The lowest BCUT2D eigenvalue weighted by atomic mass is 10.2. The second-order valence-corrected chi connectivity index (χ2v) is 8.65. The third-order valence-corrected chi connectivity index (χ3v) is 5.46. The molecule has 0 aliphatic heterocycles. The van der Waals surface area contributed by atoms with Gasteiger partial charge in [0.05, 0.1) is 29.5 Å². The highest BCUT2D eigenvalue weighted by atomic mass is 32.2. The zero-order valence-electron chi connectivity index (χ0n) is 17.2. The Balaban J connectivity index is 1.68. The lowest BCUT2D eigenvalue weighted by molar-refractivity contribution is 0.132. The third-order valence-electron chi connectivity index (χ3n) is 4.33. The molecular formula is C21H23N3O5S. The first-order chi connectivity index (χ1) is 14.3. The van der Waals surface area contributed by atoms with Crippen LogP contribution in [-0.4, -0.2) is 37.8 Å². The molecule has 1 heterocycles. The van der Waals surface area contributed by atoms with E-state index in [4.69, 9.17) is 14.3 Å². The van der Waals surface area contributed by atoms with Crippen molar-refractivity contribution in [2.75, 3.05) is 13.4 Å². The van der Waals surface area contributed by atoms with E-state index < -0.39 is 9.84 Å². The molecule has 0 saturated heterocycles. The zero-order valence-corrected chi connectivity index (χ0v) is 18.0. The number of methoxy groups -OCH3 is 1. The number of aryl methyl sites for hydroxylation is 2. The fraction of sp³-hybridized carbons (Fsp3) is 0.238. The highest BCUT2D eigenvalue weighted by Crippen LogP contribution is 2.27. The standard InChI is InChI=1S/C21H23N3O5S/c1-15-20(13-22-28-14-16-5-11-19(12-6-16)30(4,25)26)21(24(2)23-15)29-18-9-7-17(27-3)8-10-18/h5-13H,14H2,1-4H3. The Hall–Kier alpha value is -3.33. The minimum atomic E-state index is -3.22. The number of aromatic nitrogens is 2. The summed E-state index contributed by atoms with van der Waals surface area (Å²) in [4.78, 5) is 5.62. The fourth-order valence-corrected chi connectivity index (χ4v) is 3.34. The quantitative estimate of drug-likeness (QED) is 0.402. The van der Waals surface area contributed by atoms with Gasteiger partial charge in [-0.3, -0.25) is 0 Å². The number of hydrogen-bond acceptors (Lipinski definition) is 7. The van der Waals surface area contributed by atoms with Gasteiger partial charge >= 0.3 is 0 Å². The summed E-state index contributed by atoms with van der Waals surface area (Å²) in [5, 5.41) is 8.39. The van der Waals surface area contributed by atoms with E-state index in [9.17, 15) is 8.42 Å². The van der Waals surface area contributed by atoms with Crippen LogP contribution in [0.15, 0.2) is 58.6 Å². The minimum absolute atomic E-state index is 0.203. The third kappa shape index (κ3) is 5.18. The summed E-state index contributed by atoms with van der Waals surface area (Å²) in [5.74, 6) is 1.91. The predicted octanol–water partition coefficient (Wildman–Crippen LogP) is 3.48. The van der Waals surface area contributed by atoms with E-state index in [1.54, 1.807) is 61.5 Å². The van der Waals surface area contributed by atoms with Crippen molar-refractivity contribution in [1.82, 2.24) is 9.78 Å². The van der Waals surface area contributed by atoms with Crippen LogP contribution in [0.25, 0.3) is 0 Å². The number of oxime groups is 1. The molecule has 2 aromatic carbocycles. The van der Waals surface area contributed by atoms with Crippen molar-refractivity contribution in [3.63, 3.8) is 0 Å². The maximum atomic E-state index is 11.5. The molecule has 9 heteroatoms. The maximum Gasteiger partial charge on any atom is 0.226 e. The van der Waals surface area contributed by atoms with Gasteiger partial charge < -0.3 is 14.3 Å². The molecule has 0 saturated carbocycles. The Morgan fingerprint density at radius 1 is 1.07 bits per heavy atom. The average Bonchev–Trinajstić information content (AvgIpc) is 2.98. The van der Waals surface area contributed by atoms with Crippen LogP contribution < -0.4 is 9.47 Å². The molecule has 3 aromatic rings. The molecule has 0 unspecified atom stereocenters. The molecule has 0 fully saturated rings. The normalized spacial score (nSPS) is 11.6. The summed E-state index contributed by atoms with van der Waals surface area (Å²) < 4.78 is 35.8. The van der Waals surface area contributed by atoms with Gasteiger partial charge in [-0.2, -0.15) is 5.10 Å². The van der Waals surface area contributed by atoms with E-state index >= 15 is 0 Å². The Morgan fingerprint density at radius 3 is 2.30 bits per heavy atom. The molecule has 0 atom stereocenters. The number of benzene rings is 2. The van der Waals surface area contributed by atoms with E-state index in [2.05, 4.69) is 10.3 Å². The molecular weight excluding hydrogens is 406 g/mol. The number of sulfone groups is 1. The number of rotatable bonds is 8. The minimum Gasteiger partial charge on any atom is -0.497 e. The molecule has 0 N–H and O–H groups in total. The van der Waals surface area contributed by atoms with E-state index in [-0.39, 0.29) is 11.5 Å². The Labute approximate surface area is 175 Å². The van der Waals surface area contributed by atoms with Crippen molar-refractivity contribution in [3.8, 4) is 17.4 Å². The summed E-state index contributed by atoms with van der Waals surface area (Å²) in [6.07, 6.45) is 2.72. The Bertz CT molecular complexity index is 1130. The van der Waals surface area contributed by atoms with Crippen LogP contribution in [0.3, 0.4) is 0 Å². The van der Waals surface area contributed by atoms with Gasteiger partial charge in [0.25, 0.3) is 0 Å². The molecule has 0 radical (unpaired) electrons. The van der Waals surface area contributed by atoms with E-state index in [1.807, 2.05) is 19.1 Å². The van der Waals surface area contributed by atoms with Gasteiger partial charge in [0.15, 0.2) is 9.84 Å². The molecule has 0 aliphatic carbocycles. The van der Waals surface area contributed by atoms with Gasteiger partial charge in [-0.25, -0.2) is 13.1 Å². The van der Waals surface area contributed by atoms with E-state index in [0.717, 1.165) is 17.0 Å². The smallest absolute Gasteiger partial charge is 0.226 e.